The fourth-order valence-electron chi connectivity index (χ4n) is 5.34. The Morgan fingerprint density at radius 1 is 0.950 bits per heavy atom. The number of halogens is 1. The van der Waals surface area contributed by atoms with Crippen molar-refractivity contribution in [3.8, 4) is 5.75 Å². The van der Waals surface area contributed by atoms with Crippen molar-refractivity contribution in [2.45, 2.75) is 52.6 Å². The molecule has 3 amide bonds. The van der Waals surface area contributed by atoms with E-state index < -0.39 is 0 Å². The third kappa shape index (κ3) is 6.48. The summed E-state index contributed by atoms with van der Waals surface area (Å²) in [4.78, 5) is 43.6. The lowest BCUT2D eigenvalue weighted by molar-refractivity contribution is -0.128. The monoisotopic (exact) mass is 561 g/mol. The number of amides is 3. The van der Waals surface area contributed by atoms with Crippen LogP contribution in [0.4, 0.5) is 11.4 Å². The summed E-state index contributed by atoms with van der Waals surface area (Å²) in [5, 5.41) is 0.606. The van der Waals surface area contributed by atoms with Gasteiger partial charge in [0, 0.05) is 54.9 Å². The maximum absolute atomic E-state index is 13.8. The Labute approximate surface area is 241 Å². The predicted molar refractivity (Wildman–Crippen MR) is 159 cm³/mol. The molecule has 210 valence electrons. The van der Waals surface area contributed by atoms with E-state index in [-0.39, 0.29) is 29.8 Å². The minimum atomic E-state index is -0.226. The number of rotatable bonds is 9. The van der Waals surface area contributed by atoms with E-state index in [1.165, 1.54) is 0 Å². The lowest BCUT2D eigenvalue weighted by Gasteiger charge is -2.43. The summed E-state index contributed by atoms with van der Waals surface area (Å²) in [6.45, 7) is 8.91. The molecule has 0 bridgehead atoms. The van der Waals surface area contributed by atoms with Crippen molar-refractivity contribution in [3.05, 3.63) is 88.9 Å². The molecule has 3 aromatic carbocycles. The van der Waals surface area contributed by atoms with Gasteiger partial charge in [-0.15, -0.1) is 0 Å². The fraction of sp³-hybridized carbons (Fsp3) is 0.344. The van der Waals surface area contributed by atoms with E-state index in [2.05, 4.69) is 0 Å². The molecule has 0 aliphatic carbocycles. The Bertz CT molecular complexity index is 1340. The molecule has 1 heterocycles. The molecule has 3 aromatic rings. The molecule has 2 unspecified atom stereocenters. The molecular weight excluding hydrogens is 526 g/mol. The molecule has 40 heavy (non-hydrogen) atoms. The minimum Gasteiger partial charge on any atom is -0.494 e. The molecule has 0 saturated carbocycles. The number of para-hydroxylation sites is 1. The molecule has 0 aromatic heterocycles. The summed E-state index contributed by atoms with van der Waals surface area (Å²) in [6.07, 6.45) is 1.31. The van der Waals surface area contributed by atoms with Gasteiger partial charge < -0.3 is 19.4 Å². The average molecular weight is 562 g/mol. The summed E-state index contributed by atoms with van der Waals surface area (Å²) in [7, 11) is 0. The summed E-state index contributed by atoms with van der Waals surface area (Å²) in [5.41, 5.74) is 3.04. The van der Waals surface area contributed by atoms with E-state index in [1.54, 1.807) is 60.0 Å². The number of ether oxygens (including phenoxy) is 1. The summed E-state index contributed by atoms with van der Waals surface area (Å²) in [6, 6.07) is 21.8. The largest absolute Gasteiger partial charge is 0.494 e. The van der Waals surface area contributed by atoms with Crippen LogP contribution >= 0.6 is 11.6 Å². The van der Waals surface area contributed by atoms with Gasteiger partial charge in [-0.3, -0.25) is 14.4 Å². The zero-order chi connectivity index (χ0) is 28.8. The van der Waals surface area contributed by atoms with E-state index >= 15 is 0 Å². The van der Waals surface area contributed by atoms with Gasteiger partial charge >= 0.3 is 0 Å². The highest BCUT2D eigenvalue weighted by Gasteiger charge is 2.38. The van der Waals surface area contributed by atoms with Crippen molar-refractivity contribution in [2.75, 3.05) is 29.5 Å². The smallest absolute Gasteiger partial charge is 0.258 e. The number of hydrogen-bond donors (Lipinski definition) is 0. The highest BCUT2D eigenvalue weighted by atomic mass is 35.5. The van der Waals surface area contributed by atoms with Gasteiger partial charge in [-0.1, -0.05) is 29.8 Å². The maximum Gasteiger partial charge on any atom is 0.258 e. The summed E-state index contributed by atoms with van der Waals surface area (Å²) >= 11 is 6.10. The van der Waals surface area contributed by atoms with Gasteiger partial charge in [0.1, 0.15) is 5.75 Å². The lowest BCUT2D eigenvalue weighted by atomic mass is 9.89. The number of hydrogen-bond acceptors (Lipinski definition) is 4. The Balaban J connectivity index is 1.51. The van der Waals surface area contributed by atoms with Crippen molar-refractivity contribution in [3.63, 3.8) is 0 Å². The van der Waals surface area contributed by atoms with Gasteiger partial charge in [0.25, 0.3) is 5.91 Å². The van der Waals surface area contributed by atoms with Crippen LogP contribution < -0.4 is 14.5 Å². The Morgan fingerprint density at radius 2 is 1.62 bits per heavy atom. The van der Waals surface area contributed by atoms with Gasteiger partial charge in [0.05, 0.1) is 12.6 Å². The number of nitrogens with zero attached hydrogens (tertiary/aromatic N) is 3. The molecule has 0 radical (unpaired) electrons. The predicted octanol–water partition coefficient (Wildman–Crippen LogP) is 6.51. The molecule has 2 atom stereocenters. The van der Waals surface area contributed by atoms with Crippen molar-refractivity contribution < 1.29 is 19.1 Å². The molecule has 0 saturated heterocycles. The van der Waals surface area contributed by atoms with Crippen LogP contribution in [0.2, 0.25) is 5.02 Å². The zero-order valence-corrected chi connectivity index (χ0v) is 24.2. The topological polar surface area (TPSA) is 70.2 Å². The Hall–Kier alpha value is -3.84. The molecule has 7 nitrogen and oxygen atoms in total. The van der Waals surface area contributed by atoms with Crippen LogP contribution in [0, 0.1) is 0 Å². The van der Waals surface area contributed by atoms with Crippen LogP contribution in [-0.4, -0.2) is 48.4 Å². The molecule has 1 aliphatic heterocycles. The second-order valence-corrected chi connectivity index (χ2v) is 10.5. The highest BCUT2D eigenvalue weighted by molar-refractivity contribution is 6.30. The van der Waals surface area contributed by atoms with Crippen molar-refractivity contribution in [1.82, 2.24) is 4.90 Å². The first-order chi connectivity index (χ1) is 19.2. The first-order valence-corrected chi connectivity index (χ1v) is 14.0. The molecule has 1 aliphatic rings. The summed E-state index contributed by atoms with van der Waals surface area (Å²) < 4.78 is 5.84. The standard InChI is InChI=1S/C32H36ClN3O4/c1-5-34(23(3)37)19-8-20-40-28-17-11-25(12-18-28)32(39)35-22(2)21-31(29-9-6-7-10-30(29)35)36(24(4)38)27-15-13-26(33)14-16-27/h6-7,9-18,22,31H,5,8,19-21H2,1-4H3. The van der Waals surface area contributed by atoms with Gasteiger partial charge in [0.2, 0.25) is 11.8 Å². The molecule has 0 spiro atoms. The van der Waals surface area contributed by atoms with Crippen LogP contribution in [-0.2, 0) is 9.59 Å². The first-order valence-electron chi connectivity index (χ1n) is 13.7. The van der Waals surface area contributed by atoms with Crippen molar-refractivity contribution in [1.29, 1.82) is 0 Å². The third-order valence-corrected chi connectivity index (χ3v) is 7.56. The van der Waals surface area contributed by atoms with Crippen LogP contribution in [0.15, 0.2) is 72.8 Å². The second kappa shape index (κ2) is 13.0. The zero-order valence-electron chi connectivity index (χ0n) is 23.5. The summed E-state index contributed by atoms with van der Waals surface area (Å²) in [5.74, 6) is 0.554. The van der Waals surface area contributed by atoms with E-state index in [9.17, 15) is 14.4 Å². The van der Waals surface area contributed by atoms with Gasteiger partial charge in [-0.25, -0.2) is 0 Å². The quantitative estimate of drug-likeness (QED) is 0.279. The minimum absolute atomic E-state index is 0.0594. The van der Waals surface area contributed by atoms with Crippen LogP contribution in [0.3, 0.4) is 0 Å². The van der Waals surface area contributed by atoms with E-state index in [0.29, 0.717) is 42.5 Å². The molecule has 8 heteroatoms. The highest BCUT2D eigenvalue weighted by Crippen LogP contribution is 2.43. The maximum atomic E-state index is 13.8. The SMILES string of the molecule is CCN(CCCOc1ccc(C(=O)N2c3ccccc3C(N(C(C)=O)c3ccc(Cl)cc3)CC2C)cc1)C(C)=O. The Morgan fingerprint density at radius 3 is 2.25 bits per heavy atom. The molecule has 0 fully saturated rings. The van der Waals surface area contributed by atoms with E-state index in [0.717, 1.165) is 23.4 Å². The molecular formula is C32H36ClN3O4. The lowest BCUT2D eigenvalue weighted by Crippen LogP contribution is -2.47. The number of fused-ring (bicyclic) bond motifs is 1. The second-order valence-electron chi connectivity index (χ2n) is 10.0. The van der Waals surface area contributed by atoms with E-state index in [1.807, 2.05) is 55.1 Å². The van der Waals surface area contributed by atoms with Crippen LogP contribution in [0.25, 0.3) is 0 Å². The van der Waals surface area contributed by atoms with Crippen molar-refractivity contribution >= 4 is 40.7 Å². The van der Waals surface area contributed by atoms with Gasteiger partial charge in [-0.05, 0) is 86.8 Å². The van der Waals surface area contributed by atoms with Crippen molar-refractivity contribution in [2.24, 2.45) is 0 Å². The van der Waals surface area contributed by atoms with Gasteiger partial charge in [-0.2, -0.15) is 0 Å². The molecule has 4 rings (SSSR count). The van der Waals surface area contributed by atoms with Crippen LogP contribution in [0.5, 0.6) is 5.75 Å². The van der Waals surface area contributed by atoms with Crippen LogP contribution in [0.1, 0.15) is 62.5 Å². The number of carbonyl (C=O) groups excluding carboxylic acids is 3. The fourth-order valence-corrected chi connectivity index (χ4v) is 5.46. The first kappa shape index (κ1) is 29.2. The number of carbonyl (C=O) groups is 3. The average Bonchev–Trinajstić information content (AvgIpc) is 2.94. The number of anilines is 2. The normalized spacial score (nSPS) is 16.2. The third-order valence-electron chi connectivity index (χ3n) is 7.30. The Kier molecular flexibility index (Phi) is 9.48. The molecule has 0 N–H and O–H groups in total. The van der Waals surface area contributed by atoms with Gasteiger partial charge in [0.15, 0.2) is 0 Å². The van der Waals surface area contributed by atoms with E-state index in [4.69, 9.17) is 16.3 Å². The number of benzene rings is 3.